The standard InChI is InChI=1S/C14H18N4O2.ClH/c1-10-11(3-8-20-10)14(19)18-7-4-15-9-12(18)13-16-5-6-17(13)2;/h3,5-6,8,12,15H,4,7,9H2,1-2H3;1H. The number of nitrogens with zero attached hydrogens (tertiary/aromatic N) is 3. The Labute approximate surface area is 129 Å². The van der Waals surface area contributed by atoms with E-state index in [-0.39, 0.29) is 24.4 Å². The number of piperazine rings is 1. The predicted molar refractivity (Wildman–Crippen MR) is 80.5 cm³/mol. The maximum atomic E-state index is 12.7. The fourth-order valence-corrected chi connectivity index (χ4v) is 2.64. The number of carbonyl (C=O) groups is 1. The van der Waals surface area contributed by atoms with E-state index in [1.165, 1.54) is 0 Å². The number of furan rings is 1. The smallest absolute Gasteiger partial charge is 0.258 e. The zero-order valence-corrected chi connectivity index (χ0v) is 12.9. The first-order valence-corrected chi connectivity index (χ1v) is 6.71. The summed E-state index contributed by atoms with van der Waals surface area (Å²) in [5, 5.41) is 3.32. The van der Waals surface area contributed by atoms with Crippen LogP contribution in [-0.2, 0) is 7.05 Å². The molecule has 1 amide bonds. The Morgan fingerprint density at radius 2 is 2.33 bits per heavy atom. The van der Waals surface area contributed by atoms with Crippen molar-refractivity contribution in [3.63, 3.8) is 0 Å². The van der Waals surface area contributed by atoms with Crippen molar-refractivity contribution in [3.8, 4) is 0 Å². The Balaban J connectivity index is 0.00000161. The van der Waals surface area contributed by atoms with Gasteiger partial charge < -0.3 is 19.2 Å². The summed E-state index contributed by atoms with van der Waals surface area (Å²) in [6, 6.07) is 1.68. The van der Waals surface area contributed by atoms with Crippen LogP contribution in [0.15, 0.2) is 29.1 Å². The number of nitrogens with one attached hydrogen (secondary N) is 1. The van der Waals surface area contributed by atoms with E-state index in [2.05, 4.69) is 10.3 Å². The Bertz CT molecular complexity index is 622. The quantitative estimate of drug-likeness (QED) is 0.913. The van der Waals surface area contributed by atoms with E-state index in [0.29, 0.717) is 24.4 Å². The summed E-state index contributed by atoms with van der Waals surface area (Å²) in [5.41, 5.74) is 0.631. The molecule has 6 nitrogen and oxygen atoms in total. The van der Waals surface area contributed by atoms with Gasteiger partial charge in [-0.05, 0) is 13.0 Å². The van der Waals surface area contributed by atoms with Crippen LogP contribution >= 0.6 is 12.4 Å². The molecule has 0 aromatic carbocycles. The lowest BCUT2D eigenvalue weighted by atomic mass is 10.1. The van der Waals surface area contributed by atoms with Crippen LogP contribution in [0.2, 0.25) is 0 Å². The fraction of sp³-hybridized carbons (Fsp3) is 0.429. The van der Waals surface area contributed by atoms with E-state index in [1.54, 1.807) is 18.5 Å². The van der Waals surface area contributed by atoms with Crippen LogP contribution in [0.25, 0.3) is 0 Å². The molecule has 0 radical (unpaired) electrons. The van der Waals surface area contributed by atoms with Gasteiger partial charge in [-0.1, -0.05) is 0 Å². The van der Waals surface area contributed by atoms with Crippen molar-refractivity contribution in [1.82, 2.24) is 19.8 Å². The molecule has 0 bridgehead atoms. The van der Waals surface area contributed by atoms with E-state index in [1.807, 2.05) is 29.6 Å². The first-order valence-electron chi connectivity index (χ1n) is 6.71. The van der Waals surface area contributed by atoms with Gasteiger partial charge in [-0.25, -0.2) is 4.98 Å². The first kappa shape index (κ1) is 15.6. The molecule has 1 N–H and O–H groups in total. The number of hydrogen-bond donors (Lipinski definition) is 1. The van der Waals surface area contributed by atoms with E-state index in [0.717, 1.165) is 12.4 Å². The van der Waals surface area contributed by atoms with Crippen LogP contribution in [0.3, 0.4) is 0 Å². The van der Waals surface area contributed by atoms with Crippen molar-refractivity contribution in [2.24, 2.45) is 7.05 Å². The van der Waals surface area contributed by atoms with Gasteiger partial charge in [0.2, 0.25) is 0 Å². The zero-order valence-electron chi connectivity index (χ0n) is 12.1. The average Bonchev–Trinajstić information content (AvgIpc) is 3.06. The zero-order chi connectivity index (χ0) is 14.1. The van der Waals surface area contributed by atoms with Gasteiger partial charge in [-0.15, -0.1) is 12.4 Å². The molecule has 0 spiro atoms. The summed E-state index contributed by atoms with van der Waals surface area (Å²) in [6.07, 6.45) is 5.21. The minimum absolute atomic E-state index is 0. The van der Waals surface area contributed by atoms with Crippen molar-refractivity contribution < 1.29 is 9.21 Å². The second-order valence-electron chi connectivity index (χ2n) is 5.01. The van der Waals surface area contributed by atoms with Gasteiger partial charge in [0.15, 0.2) is 0 Å². The van der Waals surface area contributed by atoms with Crippen LogP contribution in [0.5, 0.6) is 0 Å². The van der Waals surface area contributed by atoms with Gasteiger partial charge in [0.05, 0.1) is 11.8 Å². The Morgan fingerprint density at radius 1 is 1.52 bits per heavy atom. The van der Waals surface area contributed by atoms with Gasteiger partial charge in [0.1, 0.15) is 17.6 Å². The van der Waals surface area contributed by atoms with Crippen molar-refractivity contribution in [1.29, 1.82) is 0 Å². The molecule has 0 aliphatic carbocycles. The van der Waals surface area contributed by atoms with Gasteiger partial charge in [0.25, 0.3) is 5.91 Å². The monoisotopic (exact) mass is 310 g/mol. The molecule has 1 aliphatic heterocycles. The molecule has 2 aromatic rings. The predicted octanol–water partition coefficient (Wildman–Crippen LogP) is 1.53. The van der Waals surface area contributed by atoms with E-state index in [9.17, 15) is 4.79 Å². The van der Waals surface area contributed by atoms with Crippen LogP contribution in [0.4, 0.5) is 0 Å². The molecule has 3 rings (SSSR count). The van der Waals surface area contributed by atoms with Crippen LogP contribution in [-0.4, -0.2) is 40.0 Å². The maximum Gasteiger partial charge on any atom is 0.258 e. The van der Waals surface area contributed by atoms with Crippen molar-refractivity contribution >= 4 is 18.3 Å². The molecule has 21 heavy (non-hydrogen) atoms. The van der Waals surface area contributed by atoms with Crippen molar-refractivity contribution in [2.45, 2.75) is 13.0 Å². The summed E-state index contributed by atoms with van der Waals surface area (Å²) in [4.78, 5) is 19.0. The molecular weight excluding hydrogens is 292 g/mol. The van der Waals surface area contributed by atoms with Gasteiger partial charge in [-0.2, -0.15) is 0 Å². The summed E-state index contributed by atoms with van der Waals surface area (Å²) in [7, 11) is 1.95. The minimum atomic E-state index is -0.0504. The fourth-order valence-electron chi connectivity index (χ4n) is 2.64. The van der Waals surface area contributed by atoms with Gasteiger partial charge in [0, 0.05) is 39.1 Å². The highest BCUT2D eigenvalue weighted by molar-refractivity contribution is 5.95. The molecule has 1 fully saturated rings. The number of rotatable bonds is 2. The number of aromatic nitrogens is 2. The van der Waals surface area contributed by atoms with Gasteiger partial charge >= 0.3 is 0 Å². The van der Waals surface area contributed by atoms with Crippen molar-refractivity contribution in [3.05, 3.63) is 41.9 Å². The minimum Gasteiger partial charge on any atom is -0.469 e. The van der Waals surface area contributed by atoms with Crippen LogP contribution in [0.1, 0.15) is 28.0 Å². The van der Waals surface area contributed by atoms with Crippen LogP contribution in [0, 0.1) is 6.92 Å². The Hall–Kier alpha value is -1.79. The largest absolute Gasteiger partial charge is 0.469 e. The second-order valence-corrected chi connectivity index (χ2v) is 5.01. The molecule has 2 aromatic heterocycles. The maximum absolute atomic E-state index is 12.7. The third-order valence-corrected chi connectivity index (χ3v) is 3.75. The number of halogens is 1. The number of carbonyl (C=O) groups excluding carboxylic acids is 1. The highest BCUT2D eigenvalue weighted by Gasteiger charge is 2.32. The first-order chi connectivity index (χ1) is 9.68. The normalized spacial score (nSPS) is 18.4. The summed E-state index contributed by atoms with van der Waals surface area (Å²) < 4.78 is 7.20. The molecule has 1 atom stereocenters. The molecule has 1 aliphatic rings. The number of hydrogen-bond acceptors (Lipinski definition) is 4. The second kappa shape index (κ2) is 6.32. The molecule has 114 valence electrons. The topological polar surface area (TPSA) is 63.3 Å². The lowest BCUT2D eigenvalue weighted by molar-refractivity contribution is 0.0619. The SMILES string of the molecule is Cc1occc1C(=O)N1CCNCC1c1nccn1C.Cl. The summed E-state index contributed by atoms with van der Waals surface area (Å²) in [5.74, 6) is 1.56. The third-order valence-electron chi connectivity index (χ3n) is 3.75. The number of amides is 1. The molecular formula is C14H19ClN4O2. The van der Waals surface area contributed by atoms with E-state index >= 15 is 0 Å². The lowest BCUT2D eigenvalue weighted by Crippen LogP contribution is -2.49. The number of imidazole rings is 1. The van der Waals surface area contributed by atoms with E-state index < -0.39 is 0 Å². The molecule has 1 unspecified atom stereocenters. The van der Waals surface area contributed by atoms with Crippen LogP contribution < -0.4 is 5.32 Å². The third kappa shape index (κ3) is 2.82. The van der Waals surface area contributed by atoms with E-state index in [4.69, 9.17) is 4.42 Å². The Kier molecular flexibility index (Phi) is 4.69. The summed E-state index contributed by atoms with van der Waals surface area (Å²) >= 11 is 0. The average molecular weight is 311 g/mol. The lowest BCUT2D eigenvalue weighted by Gasteiger charge is -2.35. The van der Waals surface area contributed by atoms with Crippen molar-refractivity contribution in [2.75, 3.05) is 19.6 Å². The molecule has 1 saturated heterocycles. The highest BCUT2D eigenvalue weighted by Crippen LogP contribution is 2.24. The molecule has 7 heteroatoms. The Morgan fingerprint density at radius 3 is 2.95 bits per heavy atom. The number of aryl methyl sites for hydroxylation is 2. The highest BCUT2D eigenvalue weighted by atomic mass is 35.5. The molecule has 3 heterocycles. The summed E-state index contributed by atoms with van der Waals surface area (Å²) in [6.45, 7) is 3.99. The van der Waals surface area contributed by atoms with Gasteiger partial charge in [-0.3, -0.25) is 4.79 Å². The molecule has 0 saturated carbocycles.